The number of anilines is 1. The van der Waals surface area contributed by atoms with Gasteiger partial charge in [0, 0.05) is 37.3 Å². The maximum absolute atomic E-state index is 15.1. The first-order chi connectivity index (χ1) is 12.4. The highest BCUT2D eigenvalue weighted by Crippen LogP contribution is 2.40. The maximum Gasteiger partial charge on any atom is 0.511 e. The van der Waals surface area contributed by atoms with E-state index in [1.54, 1.807) is 0 Å². The number of aromatic nitrogens is 1. The van der Waals surface area contributed by atoms with Crippen LogP contribution in [0.1, 0.15) is 25.5 Å². The van der Waals surface area contributed by atoms with Crippen molar-refractivity contribution < 1.29 is 19.0 Å². The van der Waals surface area contributed by atoms with Gasteiger partial charge in [-0.3, -0.25) is 4.79 Å². The van der Waals surface area contributed by atoms with Crippen LogP contribution in [0.15, 0.2) is 17.1 Å². The van der Waals surface area contributed by atoms with Crippen LogP contribution in [-0.4, -0.2) is 41.5 Å². The Kier molecular flexibility index (Phi) is 3.87. The van der Waals surface area contributed by atoms with Gasteiger partial charge >= 0.3 is 6.16 Å². The fourth-order valence-electron chi connectivity index (χ4n) is 4.12. The third kappa shape index (κ3) is 2.44. The van der Waals surface area contributed by atoms with Gasteiger partial charge in [0.25, 0.3) is 0 Å². The van der Waals surface area contributed by atoms with Crippen LogP contribution in [-0.2, 0) is 6.42 Å². The average molecular weight is 361 g/mol. The molecule has 1 aromatic carbocycles. The second-order valence-electron chi connectivity index (χ2n) is 6.98. The van der Waals surface area contributed by atoms with Gasteiger partial charge in [0.2, 0.25) is 5.43 Å². The number of pyridine rings is 1. The van der Waals surface area contributed by atoms with E-state index in [9.17, 15) is 9.59 Å². The van der Waals surface area contributed by atoms with Crippen LogP contribution in [0.2, 0.25) is 0 Å². The van der Waals surface area contributed by atoms with Crippen LogP contribution in [0.25, 0.3) is 10.9 Å². The first kappa shape index (κ1) is 16.8. The molecule has 0 aliphatic carbocycles. The Morgan fingerprint density at radius 3 is 2.85 bits per heavy atom. The topological polar surface area (TPSA) is 83.8 Å². The first-order valence-electron chi connectivity index (χ1n) is 8.67. The number of nitrogens with zero attached hydrogens (tertiary/aromatic N) is 2. The van der Waals surface area contributed by atoms with E-state index >= 15 is 4.39 Å². The van der Waals surface area contributed by atoms with E-state index in [1.165, 1.54) is 12.3 Å². The standard InChI is InChI=1S/C18H20FN3O4/c1-9-5-11-15-12(17(23)14(8-22(9)15)26-18(24)25)6-13(19)16(11)21-4-3-20-7-10(21)2/h6,8-10,20H,3-5,7H2,1-2H3,(H,24,25). The zero-order valence-corrected chi connectivity index (χ0v) is 14.6. The first-order valence-corrected chi connectivity index (χ1v) is 8.67. The van der Waals surface area contributed by atoms with E-state index in [2.05, 4.69) is 15.0 Å². The lowest BCUT2D eigenvalue weighted by Gasteiger charge is -2.37. The van der Waals surface area contributed by atoms with Gasteiger partial charge in [-0.25, -0.2) is 9.18 Å². The lowest BCUT2D eigenvalue weighted by molar-refractivity contribution is 0.143. The largest absolute Gasteiger partial charge is 0.511 e. The minimum atomic E-state index is -1.56. The Bertz CT molecular complexity index is 971. The fraction of sp³-hybridized carbons (Fsp3) is 0.444. The van der Waals surface area contributed by atoms with Gasteiger partial charge in [-0.1, -0.05) is 0 Å². The normalized spacial score (nSPS) is 22.0. The quantitative estimate of drug-likeness (QED) is 0.797. The minimum Gasteiger partial charge on any atom is -0.449 e. The molecule has 26 heavy (non-hydrogen) atoms. The van der Waals surface area contributed by atoms with Gasteiger partial charge in [0.15, 0.2) is 5.75 Å². The van der Waals surface area contributed by atoms with Crippen LogP contribution in [0.4, 0.5) is 14.9 Å². The minimum absolute atomic E-state index is 0.0250. The highest BCUT2D eigenvalue weighted by molar-refractivity contribution is 5.90. The molecule has 1 fully saturated rings. The monoisotopic (exact) mass is 361 g/mol. The number of carbonyl (C=O) groups is 1. The van der Waals surface area contributed by atoms with Crippen molar-refractivity contribution >= 4 is 22.7 Å². The molecule has 1 aromatic heterocycles. The second-order valence-corrected chi connectivity index (χ2v) is 6.98. The van der Waals surface area contributed by atoms with Crippen LogP contribution >= 0.6 is 0 Å². The predicted octanol–water partition coefficient (Wildman–Crippen LogP) is 2.11. The Balaban J connectivity index is 1.98. The third-order valence-electron chi connectivity index (χ3n) is 5.27. The molecule has 0 spiro atoms. The van der Waals surface area contributed by atoms with Crippen molar-refractivity contribution in [1.82, 2.24) is 9.88 Å². The van der Waals surface area contributed by atoms with Crippen molar-refractivity contribution in [3.8, 4) is 5.75 Å². The Hall–Kier alpha value is -2.61. The Labute approximate surface area is 149 Å². The van der Waals surface area contributed by atoms with E-state index in [-0.39, 0.29) is 23.2 Å². The van der Waals surface area contributed by atoms with Crippen molar-refractivity contribution in [3.63, 3.8) is 0 Å². The molecule has 1 saturated heterocycles. The highest BCUT2D eigenvalue weighted by Gasteiger charge is 2.32. The summed E-state index contributed by atoms with van der Waals surface area (Å²) in [5.74, 6) is -0.751. The van der Waals surface area contributed by atoms with Crippen LogP contribution in [0.5, 0.6) is 5.75 Å². The molecule has 8 heteroatoms. The summed E-state index contributed by atoms with van der Waals surface area (Å²) >= 11 is 0. The summed E-state index contributed by atoms with van der Waals surface area (Å²) in [6, 6.07) is 1.33. The number of hydrogen-bond acceptors (Lipinski definition) is 5. The molecule has 3 heterocycles. The summed E-state index contributed by atoms with van der Waals surface area (Å²) < 4.78 is 21.5. The molecule has 2 N–H and O–H groups in total. The number of ether oxygens (including phenoxy) is 1. The SMILES string of the molecule is CC1CNCCN1c1c(F)cc2c(=O)c(OC(=O)O)cn3c2c1CC3C. The van der Waals surface area contributed by atoms with Gasteiger partial charge in [-0.2, -0.15) is 0 Å². The summed E-state index contributed by atoms with van der Waals surface area (Å²) in [4.78, 5) is 25.5. The van der Waals surface area contributed by atoms with Gasteiger partial charge in [0.1, 0.15) is 5.82 Å². The molecule has 0 saturated carbocycles. The van der Waals surface area contributed by atoms with Crippen molar-refractivity contribution in [2.75, 3.05) is 24.5 Å². The summed E-state index contributed by atoms with van der Waals surface area (Å²) in [5, 5.41) is 12.3. The Morgan fingerprint density at radius 1 is 1.38 bits per heavy atom. The number of carboxylic acid groups (broad SMARTS) is 1. The molecule has 7 nitrogen and oxygen atoms in total. The van der Waals surface area contributed by atoms with Crippen molar-refractivity contribution in [1.29, 1.82) is 0 Å². The number of benzene rings is 1. The number of rotatable bonds is 2. The van der Waals surface area contributed by atoms with Gasteiger partial charge in [-0.05, 0) is 26.3 Å². The molecule has 0 amide bonds. The lowest BCUT2D eigenvalue weighted by Crippen LogP contribution is -2.50. The zero-order chi connectivity index (χ0) is 18.6. The summed E-state index contributed by atoms with van der Waals surface area (Å²) in [5.41, 5.74) is 1.42. The molecule has 2 aliphatic rings. The summed E-state index contributed by atoms with van der Waals surface area (Å²) in [7, 11) is 0. The van der Waals surface area contributed by atoms with Gasteiger partial charge < -0.3 is 24.6 Å². The van der Waals surface area contributed by atoms with E-state index < -0.39 is 17.4 Å². The molecule has 2 unspecified atom stereocenters. The molecular formula is C18H20FN3O4. The number of nitrogens with one attached hydrogen (secondary N) is 1. The zero-order valence-electron chi connectivity index (χ0n) is 14.6. The smallest absolute Gasteiger partial charge is 0.449 e. The predicted molar refractivity (Wildman–Crippen MR) is 94.9 cm³/mol. The van der Waals surface area contributed by atoms with Gasteiger partial charge in [0.05, 0.1) is 22.8 Å². The molecule has 2 aromatic rings. The van der Waals surface area contributed by atoms with Crippen molar-refractivity contribution in [2.24, 2.45) is 0 Å². The van der Waals surface area contributed by atoms with Gasteiger partial charge in [-0.15, -0.1) is 0 Å². The number of halogens is 1. The Morgan fingerprint density at radius 2 is 2.15 bits per heavy atom. The molecule has 138 valence electrons. The van der Waals surface area contributed by atoms with E-state index in [1.807, 2.05) is 18.4 Å². The molecular weight excluding hydrogens is 341 g/mol. The fourth-order valence-corrected chi connectivity index (χ4v) is 4.12. The number of piperazine rings is 1. The molecule has 4 rings (SSSR count). The van der Waals surface area contributed by atoms with Crippen molar-refractivity contribution in [3.05, 3.63) is 33.9 Å². The van der Waals surface area contributed by atoms with E-state index in [4.69, 9.17) is 5.11 Å². The second kappa shape index (κ2) is 5.98. The summed E-state index contributed by atoms with van der Waals surface area (Å²) in [6.07, 6.45) is 0.436. The van der Waals surface area contributed by atoms with Crippen LogP contribution in [0.3, 0.4) is 0 Å². The third-order valence-corrected chi connectivity index (χ3v) is 5.27. The van der Waals surface area contributed by atoms with E-state index in [0.29, 0.717) is 24.2 Å². The maximum atomic E-state index is 15.1. The summed E-state index contributed by atoms with van der Waals surface area (Å²) in [6.45, 7) is 6.23. The molecule has 0 radical (unpaired) electrons. The molecule has 0 bridgehead atoms. The highest BCUT2D eigenvalue weighted by atomic mass is 19.1. The average Bonchev–Trinajstić information content (AvgIpc) is 2.89. The number of hydrogen-bond donors (Lipinski definition) is 2. The molecule has 2 aliphatic heterocycles. The lowest BCUT2D eigenvalue weighted by atomic mass is 10.0. The van der Waals surface area contributed by atoms with E-state index in [0.717, 1.165) is 18.7 Å². The van der Waals surface area contributed by atoms with Crippen molar-refractivity contribution in [2.45, 2.75) is 32.4 Å². The van der Waals surface area contributed by atoms with Crippen LogP contribution in [0, 0.1) is 5.82 Å². The van der Waals surface area contributed by atoms with Crippen LogP contribution < -0.4 is 20.4 Å². The molecule has 2 atom stereocenters.